The minimum Gasteiger partial charge on any atom is -0.492 e. The molecule has 0 saturated heterocycles. The highest BCUT2D eigenvalue weighted by molar-refractivity contribution is 5.98. The quantitative estimate of drug-likeness (QED) is 0.515. The van der Waals surface area contributed by atoms with Gasteiger partial charge < -0.3 is 21.1 Å². The van der Waals surface area contributed by atoms with Crippen LogP contribution in [0.5, 0.6) is 5.75 Å². The normalized spacial score (nSPS) is 12.6. The molecule has 0 atom stereocenters. The number of rotatable bonds is 7. The molecule has 0 bridgehead atoms. The lowest BCUT2D eigenvalue weighted by atomic mass is 10.0. The van der Waals surface area contributed by atoms with Gasteiger partial charge in [-0.2, -0.15) is 5.10 Å². The first kappa shape index (κ1) is 22.4. The maximum absolute atomic E-state index is 12.7. The van der Waals surface area contributed by atoms with Gasteiger partial charge in [0.1, 0.15) is 11.4 Å². The van der Waals surface area contributed by atoms with Crippen molar-refractivity contribution in [3.8, 4) is 11.4 Å². The van der Waals surface area contributed by atoms with Gasteiger partial charge >= 0.3 is 0 Å². The molecule has 0 radical (unpaired) electrons. The Hall–Kier alpha value is -3.81. The van der Waals surface area contributed by atoms with Crippen LogP contribution in [0.3, 0.4) is 0 Å². The molecule has 3 aromatic rings. The molecule has 8 heteroatoms. The average molecular weight is 448 g/mol. The van der Waals surface area contributed by atoms with Gasteiger partial charge in [-0.05, 0) is 62.9 Å². The van der Waals surface area contributed by atoms with Gasteiger partial charge in [0.05, 0.1) is 18.0 Å². The molecule has 0 spiro atoms. The Labute approximate surface area is 193 Å². The standard InChI is InChI=1S/C25H29N5O3/c1-4-33-21-13-17(14-28-25(32)18-12-15(2)7-8-16(18)3)9-10-20(21)30-23(24(26)31)22-19(29-30)6-5-11-27-22/h7-10,12-13,27H,4-6,11,14H2,1-3H3,(H2,26,31)(H,28,32). The van der Waals surface area contributed by atoms with Gasteiger partial charge in [0.25, 0.3) is 11.8 Å². The maximum atomic E-state index is 12.7. The van der Waals surface area contributed by atoms with Crippen LogP contribution in [0.25, 0.3) is 5.69 Å². The van der Waals surface area contributed by atoms with Gasteiger partial charge in [-0.3, -0.25) is 9.59 Å². The first-order valence-electron chi connectivity index (χ1n) is 11.2. The van der Waals surface area contributed by atoms with E-state index in [4.69, 9.17) is 10.5 Å². The molecule has 0 saturated carbocycles. The van der Waals surface area contributed by atoms with Crippen molar-refractivity contribution in [1.82, 2.24) is 15.1 Å². The summed E-state index contributed by atoms with van der Waals surface area (Å²) in [5.74, 6) is -0.108. The summed E-state index contributed by atoms with van der Waals surface area (Å²) >= 11 is 0. The van der Waals surface area contributed by atoms with Crippen LogP contribution in [0.2, 0.25) is 0 Å². The Balaban J connectivity index is 1.63. The molecule has 2 amide bonds. The number of primary amides is 1. The number of hydrogen-bond acceptors (Lipinski definition) is 5. The second kappa shape index (κ2) is 9.36. The third-order valence-corrected chi connectivity index (χ3v) is 5.73. The zero-order valence-electron chi connectivity index (χ0n) is 19.2. The monoisotopic (exact) mass is 447 g/mol. The largest absolute Gasteiger partial charge is 0.492 e. The van der Waals surface area contributed by atoms with Gasteiger partial charge in [-0.15, -0.1) is 0 Å². The van der Waals surface area contributed by atoms with E-state index in [2.05, 4.69) is 15.7 Å². The number of carbonyl (C=O) groups excluding carboxylic acids is 2. The summed E-state index contributed by atoms with van der Waals surface area (Å²) in [6, 6.07) is 11.4. The summed E-state index contributed by atoms with van der Waals surface area (Å²) in [7, 11) is 0. The molecular formula is C25H29N5O3. The topological polar surface area (TPSA) is 111 Å². The third kappa shape index (κ3) is 4.55. The molecule has 1 aliphatic rings. The van der Waals surface area contributed by atoms with E-state index in [0.717, 1.165) is 41.8 Å². The van der Waals surface area contributed by atoms with E-state index in [9.17, 15) is 9.59 Å². The van der Waals surface area contributed by atoms with Crippen LogP contribution >= 0.6 is 0 Å². The van der Waals surface area contributed by atoms with Crippen molar-refractivity contribution in [1.29, 1.82) is 0 Å². The Morgan fingerprint density at radius 2 is 2.03 bits per heavy atom. The Kier molecular flexibility index (Phi) is 6.35. The maximum Gasteiger partial charge on any atom is 0.269 e. The summed E-state index contributed by atoms with van der Waals surface area (Å²) < 4.78 is 7.44. The summed E-state index contributed by atoms with van der Waals surface area (Å²) in [5.41, 5.74) is 11.7. The van der Waals surface area contributed by atoms with Crippen LogP contribution in [-0.2, 0) is 13.0 Å². The molecule has 2 heterocycles. The number of amides is 2. The van der Waals surface area contributed by atoms with Gasteiger partial charge in [-0.1, -0.05) is 23.8 Å². The number of anilines is 1. The number of hydrogen-bond donors (Lipinski definition) is 3. The van der Waals surface area contributed by atoms with Crippen molar-refractivity contribution in [2.75, 3.05) is 18.5 Å². The lowest BCUT2D eigenvalue weighted by Gasteiger charge is -2.15. The van der Waals surface area contributed by atoms with Crippen molar-refractivity contribution in [2.45, 2.75) is 40.2 Å². The van der Waals surface area contributed by atoms with Crippen LogP contribution in [0.1, 0.15) is 56.6 Å². The van der Waals surface area contributed by atoms with Crippen LogP contribution in [0, 0.1) is 13.8 Å². The van der Waals surface area contributed by atoms with Crippen LogP contribution in [0.4, 0.5) is 5.69 Å². The first-order chi connectivity index (χ1) is 15.9. The number of carbonyl (C=O) groups is 2. The van der Waals surface area contributed by atoms with Crippen LogP contribution in [-0.4, -0.2) is 34.7 Å². The molecule has 1 aliphatic heterocycles. The Bertz CT molecular complexity index is 1210. The number of aromatic nitrogens is 2. The molecule has 0 fully saturated rings. The molecule has 1 aromatic heterocycles. The van der Waals surface area contributed by atoms with Crippen molar-refractivity contribution < 1.29 is 14.3 Å². The van der Waals surface area contributed by atoms with E-state index in [1.807, 2.05) is 57.2 Å². The Morgan fingerprint density at radius 1 is 1.21 bits per heavy atom. The summed E-state index contributed by atoms with van der Waals surface area (Å²) in [4.78, 5) is 25.0. The number of benzene rings is 2. The molecule has 2 aromatic carbocycles. The SMILES string of the molecule is CCOc1cc(CNC(=O)c2cc(C)ccc2C)ccc1-n1nc2c(c1C(N)=O)NCCC2. The van der Waals surface area contributed by atoms with Gasteiger partial charge in [-0.25, -0.2) is 4.68 Å². The van der Waals surface area contributed by atoms with E-state index in [-0.39, 0.29) is 5.91 Å². The number of fused-ring (bicyclic) bond motifs is 1. The molecule has 0 aliphatic carbocycles. The average Bonchev–Trinajstić information content (AvgIpc) is 3.19. The molecule has 8 nitrogen and oxygen atoms in total. The van der Waals surface area contributed by atoms with Gasteiger partial charge in [0.15, 0.2) is 5.69 Å². The lowest BCUT2D eigenvalue weighted by molar-refractivity contribution is 0.0948. The van der Waals surface area contributed by atoms with E-state index in [1.165, 1.54) is 0 Å². The predicted octanol–water partition coefficient (Wildman–Crippen LogP) is 3.27. The first-order valence-corrected chi connectivity index (χ1v) is 11.2. The number of nitrogens with one attached hydrogen (secondary N) is 2. The smallest absolute Gasteiger partial charge is 0.269 e. The van der Waals surface area contributed by atoms with Crippen molar-refractivity contribution >= 4 is 17.5 Å². The van der Waals surface area contributed by atoms with Crippen molar-refractivity contribution in [3.63, 3.8) is 0 Å². The number of nitrogens with zero attached hydrogens (tertiary/aromatic N) is 2. The molecule has 172 valence electrons. The highest BCUT2D eigenvalue weighted by Crippen LogP contribution is 2.32. The summed E-state index contributed by atoms with van der Waals surface area (Å²) in [6.07, 6.45) is 1.72. The zero-order chi connectivity index (χ0) is 23.5. The van der Waals surface area contributed by atoms with E-state index < -0.39 is 5.91 Å². The lowest BCUT2D eigenvalue weighted by Crippen LogP contribution is -2.24. The Morgan fingerprint density at radius 3 is 2.79 bits per heavy atom. The fourth-order valence-electron chi connectivity index (χ4n) is 4.07. The van der Waals surface area contributed by atoms with Crippen LogP contribution in [0.15, 0.2) is 36.4 Å². The predicted molar refractivity (Wildman–Crippen MR) is 127 cm³/mol. The van der Waals surface area contributed by atoms with Crippen molar-refractivity contribution in [2.24, 2.45) is 5.73 Å². The fraction of sp³-hybridized carbons (Fsp3) is 0.320. The third-order valence-electron chi connectivity index (χ3n) is 5.73. The minimum absolute atomic E-state index is 0.125. The zero-order valence-corrected chi connectivity index (χ0v) is 19.2. The molecule has 4 rings (SSSR count). The van der Waals surface area contributed by atoms with Crippen LogP contribution < -0.4 is 21.1 Å². The molecule has 0 unspecified atom stereocenters. The molecular weight excluding hydrogens is 418 g/mol. The summed E-state index contributed by atoms with van der Waals surface area (Å²) in [5, 5.41) is 10.9. The summed E-state index contributed by atoms with van der Waals surface area (Å²) in [6.45, 7) is 7.33. The second-order valence-corrected chi connectivity index (χ2v) is 8.21. The highest BCUT2D eigenvalue weighted by Gasteiger charge is 2.26. The number of aryl methyl sites for hydroxylation is 3. The van der Waals surface area contributed by atoms with Gasteiger partial charge in [0.2, 0.25) is 0 Å². The fourth-order valence-corrected chi connectivity index (χ4v) is 4.07. The molecule has 33 heavy (non-hydrogen) atoms. The van der Waals surface area contributed by atoms with E-state index in [0.29, 0.717) is 41.5 Å². The van der Waals surface area contributed by atoms with Gasteiger partial charge in [0, 0.05) is 18.7 Å². The minimum atomic E-state index is -0.550. The number of ether oxygens (including phenoxy) is 1. The van der Waals surface area contributed by atoms with Crippen molar-refractivity contribution in [3.05, 3.63) is 70.0 Å². The second-order valence-electron chi connectivity index (χ2n) is 8.21. The number of nitrogens with two attached hydrogens (primary N) is 1. The molecule has 4 N–H and O–H groups in total. The van der Waals surface area contributed by atoms with E-state index >= 15 is 0 Å². The highest BCUT2D eigenvalue weighted by atomic mass is 16.5. The van der Waals surface area contributed by atoms with E-state index in [1.54, 1.807) is 4.68 Å².